The maximum absolute atomic E-state index is 11.9. The highest BCUT2D eigenvalue weighted by molar-refractivity contribution is 7.89. The van der Waals surface area contributed by atoms with Crippen LogP contribution in [0, 0.1) is 0 Å². The summed E-state index contributed by atoms with van der Waals surface area (Å²) in [5.41, 5.74) is -0.338. The third kappa shape index (κ3) is 6.76. The molecule has 0 aromatic rings. The second-order valence-electron chi connectivity index (χ2n) is 6.46. The Morgan fingerprint density at radius 2 is 1.86 bits per heavy atom. The molecule has 1 amide bonds. The van der Waals surface area contributed by atoms with Crippen LogP contribution in [0.2, 0.25) is 0 Å². The molecule has 7 heteroatoms. The highest BCUT2D eigenvalue weighted by atomic mass is 32.2. The molecule has 0 aromatic heterocycles. The van der Waals surface area contributed by atoms with Gasteiger partial charge in [-0.25, -0.2) is 12.7 Å². The lowest BCUT2D eigenvalue weighted by atomic mass is 10.1. The number of hydrogen-bond acceptors (Lipinski definition) is 4. The van der Waals surface area contributed by atoms with Crippen molar-refractivity contribution in [3.05, 3.63) is 0 Å². The van der Waals surface area contributed by atoms with Gasteiger partial charge < -0.3 is 10.1 Å². The second kappa shape index (κ2) is 7.56. The first-order valence-electron chi connectivity index (χ1n) is 7.55. The fourth-order valence-electron chi connectivity index (χ4n) is 2.22. The van der Waals surface area contributed by atoms with E-state index in [2.05, 4.69) is 5.32 Å². The number of sulfonamides is 1. The molecule has 0 atom stereocenters. The molecule has 1 aliphatic rings. The number of hydrogen-bond donors (Lipinski definition) is 1. The van der Waals surface area contributed by atoms with Crippen LogP contribution in [0.25, 0.3) is 0 Å². The largest absolute Gasteiger partial charge is 0.366 e. The van der Waals surface area contributed by atoms with Crippen molar-refractivity contribution in [3.63, 3.8) is 0 Å². The molecule has 0 aliphatic carbocycles. The first kappa shape index (κ1) is 18.4. The summed E-state index contributed by atoms with van der Waals surface area (Å²) in [6, 6.07) is 0.0362. The van der Waals surface area contributed by atoms with E-state index in [9.17, 15) is 13.2 Å². The molecule has 21 heavy (non-hydrogen) atoms. The fourth-order valence-corrected chi connectivity index (χ4v) is 3.76. The average Bonchev–Trinajstić information content (AvgIpc) is 2.36. The van der Waals surface area contributed by atoms with E-state index in [1.54, 1.807) is 0 Å². The van der Waals surface area contributed by atoms with Crippen molar-refractivity contribution in [3.8, 4) is 0 Å². The molecule has 0 spiro atoms. The maximum atomic E-state index is 11.9. The lowest BCUT2D eigenvalue weighted by Gasteiger charge is -2.31. The Kier molecular flexibility index (Phi) is 6.62. The molecular weight excluding hydrogens is 292 g/mol. The van der Waals surface area contributed by atoms with Crippen molar-refractivity contribution in [2.45, 2.75) is 58.6 Å². The van der Waals surface area contributed by atoms with Crippen LogP contribution in [-0.2, 0) is 19.6 Å². The van der Waals surface area contributed by atoms with Crippen molar-refractivity contribution < 1.29 is 17.9 Å². The molecule has 124 valence electrons. The van der Waals surface area contributed by atoms with E-state index < -0.39 is 10.0 Å². The lowest BCUT2D eigenvalue weighted by molar-refractivity contribution is -0.131. The highest BCUT2D eigenvalue weighted by Gasteiger charge is 2.28. The molecule has 1 rings (SSSR count). The smallest absolute Gasteiger partial charge is 0.246 e. The Balaban J connectivity index is 2.35. The van der Waals surface area contributed by atoms with Gasteiger partial charge >= 0.3 is 0 Å². The molecule has 0 radical (unpaired) electrons. The minimum Gasteiger partial charge on any atom is -0.366 e. The molecule has 1 aliphatic heterocycles. The zero-order chi connectivity index (χ0) is 16.1. The minimum absolute atomic E-state index is 0.0362. The van der Waals surface area contributed by atoms with Gasteiger partial charge in [-0.05, 0) is 40.0 Å². The van der Waals surface area contributed by atoms with E-state index in [1.165, 1.54) is 4.31 Å². The van der Waals surface area contributed by atoms with Gasteiger partial charge in [-0.3, -0.25) is 4.79 Å². The van der Waals surface area contributed by atoms with E-state index in [-0.39, 0.29) is 29.9 Å². The number of rotatable bonds is 6. The van der Waals surface area contributed by atoms with Crippen LogP contribution in [0.3, 0.4) is 0 Å². The van der Waals surface area contributed by atoms with Gasteiger partial charge in [0.05, 0.1) is 11.4 Å². The summed E-state index contributed by atoms with van der Waals surface area (Å²) in [5.74, 6) is 0.0588. The Hall–Kier alpha value is -0.660. The zero-order valence-corrected chi connectivity index (χ0v) is 14.3. The molecule has 1 fully saturated rings. The summed E-state index contributed by atoms with van der Waals surface area (Å²) < 4.78 is 30.8. The molecule has 0 saturated carbocycles. The summed E-state index contributed by atoms with van der Waals surface area (Å²) in [6.07, 6.45) is 1.94. The fraction of sp³-hybridized carbons (Fsp3) is 0.929. The molecule has 6 nitrogen and oxygen atoms in total. The quantitative estimate of drug-likeness (QED) is 0.796. The van der Waals surface area contributed by atoms with Crippen LogP contribution < -0.4 is 5.32 Å². The van der Waals surface area contributed by atoms with Gasteiger partial charge in [0.1, 0.15) is 6.61 Å². The lowest BCUT2D eigenvalue weighted by Crippen LogP contribution is -2.48. The number of piperidine rings is 1. The number of nitrogens with zero attached hydrogens (tertiary/aromatic N) is 1. The van der Waals surface area contributed by atoms with Crippen LogP contribution in [0.5, 0.6) is 0 Å². The van der Waals surface area contributed by atoms with Crippen LogP contribution >= 0.6 is 0 Å². The number of amides is 1. The summed E-state index contributed by atoms with van der Waals surface area (Å²) in [6.45, 7) is 8.56. The summed E-state index contributed by atoms with van der Waals surface area (Å²) in [7, 11) is -3.12. The summed E-state index contributed by atoms with van der Waals surface area (Å²) >= 11 is 0. The molecule has 0 bridgehead atoms. The van der Waals surface area contributed by atoms with Crippen LogP contribution in [0.15, 0.2) is 0 Å². The Bertz CT molecular complexity index is 434. The number of carbonyl (C=O) groups is 1. The third-order valence-electron chi connectivity index (χ3n) is 3.31. The van der Waals surface area contributed by atoms with Crippen LogP contribution in [-0.4, -0.2) is 55.7 Å². The third-order valence-corrected chi connectivity index (χ3v) is 5.39. The van der Waals surface area contributed by atoms with E-state index in [0.29, 0.717) is 32.4 Å². The number of carbonyl (C=O) groups excluding carboxylic acids is 1. The van der Waals surface area contributed by atoms with Crippen LogP contribution in [0.1, 0.15) is 47.0 Å². The SMILES string of the molecule is CCCS(=O)(=O)N1CCC(NC(=O)COC(C)(C)C)CC1. The van der Waals surface area contributed by atoms with Gasteiger partial charge in [0, 0.05) is 19.1 Å². The van der Waals surface area contributed by atoms with E-state index in [1.807, 2.05) is 27.7 Å². The molecule has 1 heterocycles. The molecule has 1 saturated heterocycles. The predicted molar refractivity (Wildman–Crippen MR) is 82.5 cm³/mol. The molecule has 1 N–H and O–H groups in total. The Labute approximate surface area is 128 Å². The highest BCUT2D eigenvalue weighted by Crippen LogP contribution is 2.15. The Morgan fingerprint density at radius 3 is 2.33 bits per heavy atom. The first-order valence-corrected chi connectivity index (χ1v) is 9.16. The molecular formula is C14H28N2O4S. The minimum atomic E-state index is -3.12. The van der Waals surface area contributed by atoms with E-state index in [0.717, 1.165) is 0 Å². The maximum Gasteiger partial charge on any atom is 0.246 e. The molecule has 0 aromatic carbocycles. The van der Waals surface area contributed by atoms with Crippen molar-refractivity contribution in [1.29, 1.82) is 0 Å². The van der Waals surface area contributed by atoms with Gasteiger partial charge in [-0.2, -0.15) is 0 Å². The second-order valence-corrected chi connectivity index (χ2v) is 8.55. The van der Waals surface area contributed by atoms with Gasteiger partial charge in [-0.15, -0.1) is 0 Å². The Morgan fingerprint density at radius 1 is 1.29 bits per heavy atom. The summed E-state index contributed by atoms with van der Waals surface area (Å²) in [5, 5.41) is 2.91. The number of nitrogens with one attached hydrogen (secondary N) is 1. The topological polar surface area (TPSA) is 75.7 Å². The van der Waals surface area contributed by atoms with Gasteiger partial charge in [0.15, 0.2) is 0 Å². The van der Waals surface area contributed by atoms with Crippen LogP contribution in [0.4, 0.5) is 0 Å². The summed E-state index contributed by atoms with van der Waals surface area (Å²) in [4.78, 5) is 11.8. The molecule has 0 unspecified atom stereocenters. The van der Waals surface area contributed by atoms with Gasteiger partial charge in [-0.1, -0.05) is 6.92 Å². The van der Waals surface area contributed by atoms with Crippen molar-refractivity contribution in [2.75, 3.05) is 25.4 Å². The zero-order valence-electron chi connectivity index (χ0n) is 13.5. The van der Waals surface area contributed by atoms with E-state index >= 15 is 0 Å². The van der Waals surface area contributed by atoms with Gasteiger partial charge in [0.25, 0.3) is 0 Å². The predicted octanol–water partition coefficient (Wildman–Crippen LogP) is 1.12. The van der Waals surface area contributed by atoms with Crippen molar-refractivity contribution >= 4 is 15.9 Å². The number of ether oxygens (including phenoxy) is 1. The standard InChI is InChI=1S/C14H28N2O4S/c1-5-10-21(18,19)16-8-6-12(7-9-16)15-13(17)11-20-14(2,3)4/h12H,5-11H2,1-4H3,(H,15,17). The first-order chi connectivity index (χ1) is 9.64. The van der Waals surface area contributed by atoms with Gasteiger partial charge in [0.2, 0.25) is 15.9 Å². The average molecular weight is 320 g/mol. The van der Waals surface area contributed by atoms with Crippen molar-refractivity contribution in [1.82, 2.24) is 9.62 Å². The monoisotopic (exact) mass is 320 g/mol. The normalized spacial score (nSPS) is 18.7. The van der Waals surface area contributed by atoms with E-state index in [4.69, 9.17) is 4.74 Å². The van der Waals surface area contributed by atoms with Crippen molar-refractivity contribution in [2.24, 2.45) is 0 Å².